The largest absolute Gasteiger partial charge is 0.497 e. The maximum absolute atomic E-state index is 11.1. The minimum atomic E-state index is -0.829. The molecule has 1 rings (SSSR count). The van der Waals surface area contributed by atoms with Crippen molar-refractivity contribution in [1.82, 2.24) is 0 Å². The first-order valence-electron chi connectivity index (χ1n) is 6.08. The van der Waals surface area contributed by atoms with Gasteiger partial charge in [-0.25, -0.2) is 0 Å². The zero-order valence-electron chi connectivity index (χ0n) is 11.1. The molecule has 0 fully saturated rings. The number of benzene rings is 1. The molecule has 0 saturated heterocycles. The Morgan fingerprint density at radius 2 is 2.00 bits per heavy atom. The predicted octanol–water partition coefficient (Wildman–Crippen LogP) is 2.16. The first kappa shape index (κ1) is 14.5. The fourth-order valence-corrected chi connectivity index (χ4v) is 2.37. The van der Waals surface area contributed by atoms with E-state index < -0.39 is 11.4 Å². The van der Waals surface area contributed by atoms with E-state index in [1.165, 1.54) is 0 Å². The molecule has 0 aliphatic rings. The first-order chi connectivity index (χ1) is 8.46. The Morgan fingerprint density at radius 3 is 2.33 bits per heavy atom. The molecule has 0 aliphatic heterocycles. The molecule has 1 aromatic rings. The van der Waals surface area contributed by atoms with Crippen molar-refractivity contribution in [3.8, 4) is 5.75 Å². The second kappa shape index (κ2) is 5.87. The molecule has 3 N–H and O–H groups in total. The van der Waals surface area contributed by atoms with Gasteiger partial charge in [0.15, 0.2) is 0 Å². The molecular weight excluding hydrogens is 230 g/mol. The van der Waals surface area contributed by atoms with E-state index in [1.54, 1.807) is 7.11 Å². The maximum Gasteiger partial charge on any atom is 0.304 e. The number of rotatable bonds is 6. The minimum Gasteiger partial charge on any atom is -0.497 e. The minimum absolute atomic E-state index is 0.0352. The number of hydrogen-bond acceptors (Lipinski definition) is 3. The van der Waals surface area contributed by atoms with Gasteiger partial charge in [0.25, 0.3) is 0 Å². The summed E-state index contributed by atoms with van der Waals surface area (Å²) in [7, 11) is 1.60. The molecule has 1 aromatic carbocycles. The van der Waals surface area contributed by atoms with E-state index in [1.807, 2.05) is 38.1 Å². The number of ether oxygens (including phenoxy) is 1. The summed E-state index contributed by atoms with van der Waals surface area (Å²) in [4.78, 5) is 11.1. The van der Waals surface area contributed by atoms with E-state index in [-0.39, 0.29) is 12.5 Å². The number of methoxy groups -OCH3 is 1. The molecule has 4 heteroatoms. The molecule has 0 aliphatic carbocycles. The van der Waals surface area contributed by atoms with E-state index in [9.17, 15) is 4.79 Å². The van der Waals surface area contributed by atoms with Gasteiger partial charge in [0, 0.05) is 11.5 Å². The van der Waals surface area contributed by atoms with Gasteiger partial charge in [-0.2, -0.15) is 0 Å². The van der Waals surface area contributed by atoms with Gasteiger partial charge in [0.1, 0.15) is 5.75 Å². The second-order valence-corrected chi connectivity index (χ2v) is 4.60. The summed E-state index contributed by atoms with van der Waals surface area (Å²) >= 11 is 0. The molecule has 0 spiro atoms. The van der Waals surface area contributed by atoms with E-state index in [0.29, 0.717) is 6.42 Å². The average Bonchev–Trinajstić information content (AvgIpc) is 2.35. The average molecular weight is 251 g/mol. The molecule has 0 heterocycles. The van der Waals surface area contributed by atoms with E-state index in [4.69, 9.17) is 15.6 Å². The molecule has 0 amide bonds. The van der Waals surface area contributed by atoms with Crippen LogP contribution in [0.25, 0.3) is 0 Å². The first-order valence-corrected chi connectivity index (χ1v) is 6.08. The molecular formula is C14H21NO3. The highest BCUT2D eigenvalue weighted by molar-refractivity contribution is 5.69. The monoisotopic (exact) mass is 251 g/mol. The number of carboxylic acids is 1. The van der Waals surface area contributed by atoms with E-state index in [0.717, 1.165) is 11.3 Å². The van der Waals surface area contributed by atoms with Crippen LogP contribution in [0, 0.1) is 0 Å². The number of nitrogens with two attached hydrogens (primary N) is 1. The van der Waals surface area contributed by atoms with Crippen molar-refractivity contribution in [2.24, 2.45) is 5.73 Å². The number of aliphatic carboxylic acids is 1. The van der Waals surface area contributed by atoms with Gasteiger partial charge in [-0.1, -0.05) is 19.1 Å². The quantitative estimate of drug-likeness (QED) is 0.812. The summed E-state index contributed by atoms with van der Waals surface area (Å²) in [5.74, 6) is -0.0753. The summed E-state index contributed by atoms with van der Waals surface area (Å²) in [6.45, 7) is 3.83. The lowest BCUT2D eigenvalue weighted by Crippen LogP contribution is -2.44. The van der Waals surface area contributed by atoms with Gasteiger partial charge in [-0.05, 0) is 31.0 Å². The van der Waals surface area contributed by atoms with Crippen LogP contribution in [0.5, 0.6) is 5.75 Å². The molecule has 0 bridgehead atoms. The van der Waals surface area contributed by atoms with Crippen molar-refractivity contribution in [3.05, 3.63) is 29.8 Å². The van der Waals surface area contributed by atoms with Crippen LogP contribution in [-0.2, 0) is 10.2 Å². The zero-order valence-corrected chi connectivity index (χ0v) is 11.1. The summed E-state index contributed by atoms with van der Waals surface area (Å²) in [6.07, 6.45) is 0.719. The molecule has 18 heavy (non-hydrogen) atoms. The van der Waals surface area contributed by atoms with Gasteiger partial charge in [-0.15, -0.1) is 0 Å². The van der Waals surface area contributed by atoms with Crippen LogP contribution >= 0.6 is 0 Å². The van der Waals surface area contributed by atoms with Crippen molar-refractivity contribution in [3.63, 3.8) is 0 Å². The Morgan fingerprint density at radius 1 is 1.44 bits per heavy atom. The van der Waals surface area contributed by atoms with Gasteiger partial charge in [0.05, 0.1) is 13.5 Å². The van der Waals surface area contributed by atoms with Crippen molar-refractivity contribution in [1.29, 1.82) is 0 Å². The number of carboxylic acid groups (broad SMARTS) is 1. The van der Waals surface area contributed by atoms with Crippen molar-refractivity contribution >= 4 is 5.97 Å². The summed E-state index contributed by atoms with van der Waals surface area (Å²) in [5, 5.41) is 9.11. The molecule has 2 atom stereocenters. The summed E-state index contributed by atoms with van der Waals surface area (Å²) in [5.41, 5.74) is 6.46. The fraction of sp³-hybridized carbons (Fsp3) is 0.500. The molecule has 0 radical (unpaired) electrons. The van der Waals surface area contributed by atoms with Crippen molar-refractivity contribution in [2.45, 2.75) is 38.1 Å². The fourth-order valence-electron chi connectivity index (χ4n) is 2.37. The van der Waals surface area contributed by atoms with Crippen molar-refractivity contribution < 1.29 is 14.6 Å². The van der Waals surface area contributed by atoms with Crippen LogP contribution < -0.4 is 10.5 Å². The SMILES string of the molecule is CCC(CC(=O)O)(c1ccc(OC)cc1)C(C)N. The normalized spacial score (nSPS) is 15.8. The molecule has 0 saturated carbocycles. The summed E-state index contributed by atoms with van der Waals surface area (Å²) < 4.78 is 5.11. The Bertz CT molecular complexity index is 400. The van der Waals surface area contributed by atoms with Crippen LogP contribution in [0.15, 0.2) is 24.3 Å². The molecule has 0 aromatic heterocycles. The van der Waals surface area contributed by atoms with Crippen LogP contribution in [0.1, 0.15) is 32.3 Å². The van der Waals surface area contributed by atoms with Crippen molar-refractivity contribution in [2.75, 3.05) is 7.11 Å². The topological polar surface area (TPSA) is 72.5 Å². The molecule has 4 nitrogen and oxygen atoms in total. The Labute approximate surface area is 108 Å². The Balaban J connectivity index is 3.19. The van der Waals surface area contributed by atoms with Crippen LogP contribution in [0.3, 0.4) is 0 Å². The van der Waals surface area contributed by atoms with E-state index >= 15 is 0 Å². The molecule has 2 unspecified atom stereocenters. The lowest BCUT2D eigenvalue weighted by atomic mass is 9.70. The predicted molar refractivity (Wildman–Crippen MR) is 70.9 cm³/mol. The molecule has 100 valence electrons. The van der Waals surface area contributed by atoms with Crippen LogP contribution in [0.2, 0.25) is 0 Å². The lowest BCUT2D eigenvalue weighted by Gasteiger charge is -2.36. The number of hydrogen-bond donors (Lipinski definition) is 2. The zero-order chi connectivity index (χ0) is 13.8. The van der Waals surface area contributed by atoms with Gasteiger partial charge >= 0.3 is 5.97 Å². The highest BCUT2D eigenvalue weighted by Crippen LogP contribution is 2.35. The van der Waals surface area contributed by atoms with Gasteiger partial charge < -0.3 is 15.6 Å². The van der Waals surface area contributed by atoms with E-state index in [2.05, 4.69) is 0 Å². The third-order valence-corrected chi connectivity index (χ3v) is 3.63. The maximum atomic E-state index is 11.1. The second-order valence-electron chi connectivity index (χ2n) is 4.60. The number of carbonyl (C=O) groups is 1. The Hall–Kier alpha value is -1.55. The van der Waals surface area contributed by atoms with Crippen LogP contribution in [0.4, 0.5) is 0 Å². The third-order valence-electron chi connectivity index (χ3n) is 3.63. The third kappa shape index (κ3) is 2.82. The standard InChI is InChI=1S/C14H21NO3/c1-4-14(10(2)15,9-13(16)17)11-5-7-12(18-3)8-6-11/h5-8,10H,4,9,15H2,1-3H3,(H,16,17). The highest BCUT2D eigenvalue weighted by atomic mass is 16.5. The highest BCUT2D eigenvalue weighted by Gasteiger charge is 2.36. The van der Waals surface area contributed by atoms with Gasteiger partial charge in [0.2, 0.25) is 0 Å². The Kier molecular flexibility index (Phi) is 4.73. The summed E-state index contributed by atoms with van der Waals surface area (Å²) in [6, 6.07) is 7.24. The van der Waals surface area contributed by atoms with Gasteiger partial charge in [-0.3, -0.25) is 4.79 Å². The van der Waals surface area contributed by atoms with Crippen LogP contribution in [-0.4, -0.2) is 24.2 Å². The smallest absolute Gasteiger partial charge is 0.304 e. The lowest BCUT2D eigenvalue weighted by molar-refractivity contribution is -0.138.